The van der Waals surface area contributed by atoms with E-state index in [9.17, 15) is 9.90 Å². The third-order valence-electron chi connectivity index (χ3n) is 7.02. The molecule has 0 bridgehead atoms. The van der Waals surface area contributed by atoms with Crippen LogP contribution in [0.5, 0.6) is 0 Å². The predicted molar refractivity (Wildman–Crippen MR) is 156 cm³/mol. The molecule has 196 valence electrons. The molecule has 0 saturated heterocycles. The molecule has 1 atom stereocenters. The summed E-state index contributed by atoms with van der Waals surface area (Å²) >= 11 is 0. The van der Waals surface area contributed by atoms with Gasteiger partial charge in [-0.05, 0) is 53.9 Å². The first-order valence-corrected chi connectivity index (χ1v) is 16.6. The minimum absolute atomic E-state index is 0.107. The van der Waals surface area contributed by atoms with E-state index in [1.807, 2.05) is 72.3 Å². The second kappa shape index (κ2) is 10.3. The van der Waals surface area contributed by atoms with E-state index in [-0.39, 0.29) is 5.56 Å². The number of nitrogens with two attached hydrogens (primary N) is 1. The van der Waals surface area contributed by atoms with Crippen LogP contribution in [0.25, 0.3) is 38.6 Å². The van der Waals surface area contributed by atoms with E-state index in [0.717, 1.165) is 39.3 Å². The number of rotatable bonds is 8. The van der Waals surface area contributed by atoms with E-state index < -0.39 is 14.3 Å². The Bertz CT molecular complexity index is 1680. The van der Waals surface area contributed by atoms with Gasteiger partial charge in [0.05, 0.1) is 22.1 Å². The summed E-state index contributed by atoms with van der Waals surface area (Å²) in [5.74, 6) is 0. The smallest absolute Gasteiger partial charge is 0.265 e. The molecule has 0 saturated carbocycles. The highest BCUT2D eigenvalue weighted by molar-refractivity contribution is 6.76. The summed E-state index contributed by atoms with van der Waals surface area (Å²) in [4.78, 5) is 17.8. The molecule has 0 fully saturated rings. The third-order valence-corrected chi connectivity index (χ3v) is 8.73. The average Bonchev–Trinajstić information content (AvgIpc) is 3.30. The summed E-state index contributed by atoms with van der Waals surface area (Å²) in [5, 5.41) is 11.9. The molecule has 8 heteroatoms. The van der Waals surface area contributed by atoms with E-state index in [1.165, 1.54) is 0 Å². The highest BCUT2D eigenvalue weighted by Crippen LogP contribution is 2.36. The van der Waals surface area contributed by atoms with Crippen LogP contribution in [-0.4, -0.2) is 33.9 Å². The predicted octanol–water partition coefficient (Wildman–Crippen LogP) is 5.58. The molecule has 7 nitrogen and oxygen atoms in total. The molecule has 5 rings (SSSR count). The Morgan fingerprint density at radius 1 is 1.00 bits per heavy atom. The quantitative estimate of drug-likeness (QED) is 0.156. The number of nitrogens with zero attached hydrogens (tertiary/aromatic N) is 3. The first-order chi connectivity index (χ1) is 18.2. The maximum atomic E-state index is 13.3. The van der Waals surface area contributed by atoms with Crippen molar-refractivity contribution in [2.75, 3.05) is 6.61 Å². The topological polar surface area (TPSA) is 95.3 Å². The van der Waals surface area contributed by atoms with Crippen molar-refractivity contribution < 1.29 is 9.84 Å². The molecule has 2 aromatic heterocycles. The Hall–Kier alpha value is -3.56. The molecule has 1 unspecified atom stereocenters. The Morgan fingerprint density at radius 3 is 2.55 bits per heavy atom. The molecule has 0 spiro atoms. The normalized spacial score (nSPS) is 12.9. The van der Waals surface area contributed by atoms with Crippen LogP contribution in [0.4, 0.5) is 0 Å². The lowest BCUT2D eigenvalue weighted by atomic mass is 9.94. The van der Waals surface area contributed by atoms with Crippen molar-refractivity contribution in [3.63, 3.8) is 0 Å². The fourth-order valence-electron chi connectivity index (χ4n) is 4.89. The zero-order valence-corrected chi connectivity index (χ0v) is 23.3. The molecular formula is C30H34N4O3Si. The molecule has 0 aliphatic carbocycles. The lowest BCUT2D eigenvalue weighted by molar-refractivity contribution is 0.0898. The maximum absolute atomic E-state index is 13.3. The van der Waals surface area contributed by atoms with Gasteiger partial charge >= 0.3 is 0 Å². The van der Waals surface area contributed by atoms with Crippen molar-refractivity contribution in [3.8, 4) is 16.8 Å². The van der Waals surface area contributed by atoms with Crippen molar-refractivity contribution in [2.24, 2.45) is 5.73 Å². The lowest BCUT2D eigenvalue weighted by Gasteiger charge is -2.18. The van der Waals surface area contributed by atoms with Crippen molar-refractivity contribution in [1.82, 2.24) is 14.1 Å². The molecule has 0 radical (unpaired) electrons. The molecule has 3 N–H and O–H groups in total. The Balaban J connectivity index is 1.59. The second-order valence-corrected chi connectivity index (χ2v) is 16.6. The van der Waals surface area contributed by atoms with E-state index in [4.69, 9.17) is 10.5 Å². The fourth-order valence-corrected chi connectivity index (χ4v) is 5.65. The van der Waals surface area contributed by atoms with Crippen LogP contribution < -0.4 is 11.3 Å². The summed E-state index contributed by atoms with van der Waals surface area (Å²) < 4.78 is 9.63. The molecule has 0 aliphatic heterocycles. The van der Waals surface area contributed by atoms with Gasteiger partial charge in [0.15, 0.2) is 0 Å². The molecule has 0 amide bonds. The van der Waals surface area contributed by atoms with Crippen LogP contribution >= 0.6 is 0 Å². The Morgan fingerprint density at radius 2 is 1.79 bits per heavy atom. The largest absolute Gasteiger partial charge is 0.374 e. The van der Waals surface area contributed by atoms with E-state index >= 15 is 0 Å². The monoisotopic (exact) mass is 526 g/mol. The average molecular weight is 527 g/mol. The lowest BCUT2D eigenvalue weighted by Crippen LogP contribution is -2.22. The molecule has 2 heterocycles. The standard InChI is InChI=1S/C30H34N4O3Si/c1-20-21(9-7-11-27(20)34-18-32-26-10-6-5-8-24(26)30(34)36)22-12-13-25(29(31)35)28-23(22)14-15-33(28)19-37-16-17-38(2,3)4/h5-15,18,29,35H,16-17,19,31H2,1-4H3. The van der Waals surface area contributed by atoms with Crippen LogP contribution in [0.2, 0.25) is 25.7 Å². The molecule has 5 aromatic rings. The number of aliphatic hydroxyl groups excluding tert-OH is 1. The van der Waals surface area contributed by atoms with Gasteiger partial charge in [-0.3, -0.25) is 9.36 Å². The number of benzene rings is 3. The van der Waals surface area contributed by atoms with E-state index in [2.05, 4.69) is 24.6 Å². The van der Waals surface area contributed by atoms with Crippen molar-refractivity contribution >= 4 is 29.9 Å². The summed E-state index contributed by atoms with van der Waals surface area (Å²) in [6.07, 6.45) is 2.46. The summed E-state index contributed by atoms with van der Waals surface area (Å²) in [7, 11) is -1.20. The zero-order valence-electron chi connectivity index (χ0n) is 22.3. The van der Waals surface area contributed by atoms with Gasteiger partial charge in [-0.15, -0.1) is 0 Å². The third kappa shape index (κ3) is 4.95. The minimum Gasteiger partial charge on any atom is -0.374 e. The number of para-hydroxylation sites is 1. The van der Waals surface area contributed by atoms with Crippen molar-refractivity contribution in [2.45, 2.75) is 45.6 Å². The Labute approximate surface area is 223 Å². The first kappa shape index (κ1) is 26.1. The van der Waals surface area contributed by atoms with Crippen LogP contribution in [0, 0.1) is 6.92 Å². The minimum atomic E-state index is -1.20. The van der Waals surface area contributed by atoms with Gasteiger partial charge in [-0.2, -0.15) is 0 Å². The van der Waals surface area contributed by atoms with Crippen LogP contribution in [-0.2, 0) is 11.5 Å². The van der Waals surface area contributed by atoms with Gasteiger partial charge in [0.25, 0.3) is 5.56 Å². The van der Waals surface area contributed by atoms with Crippen LogP contribution in [0.3, 0.4) is 0 Å². The summed E-state index contributed by atoms with van der Waals surface area (Å²) in [6.45, 7) is 10.1. The maximum Gasteiger partial charge on any atom is 0.265 e. The number of hydrogen-bond donors (Lipinski definition) is 2. The van der Waals surface area contributed by atoms with Crippen molar-refractivity contribution in [3.05, 3.63) is 94.7 Å². The summed E-state index contributed by atoms with van der Waals surface area (Å²) in [6, 6.07) is 20.3. The summed E-state index contributed by atoms with van der Waals surface area (Å²) in [5.41, 5.74) is 11.7. The van der Waals surface area contributed by atoms with Gasteiger partial charge in [-0.25, -0.2) is 4.98 Å². The Kier molecular flexibility index (Phi) is 7.07. The molecule has 38 heavy (non-hydrogen) atoms. The highest BCUT2D eigenvalue weighted by Gasteiger charge is 2.19. The molecule has 3 aromatic carbocycles. The van der Waals surface area contributed by atoms with E-state index in [0.29, 0.717) is 29.8 Å². The number of fused-ring (bicyclic) bond motifs is 2. The number of ether oxygens (including phenoxy) is 1. The van der Waals surface area contributed by atoms with Gasteiger partial charge in [0.1, 0.15) is 19.3 Å². The van der Waals surface area contributed by atoms with Gasteiger partial charge in [-0.1, -0.05) is 56.0 Å². The first-order valence-electron chi connectivity index (χ1n) is 12.9. The number of hydrogen-bond acceptors (Lipinski definition) is 5. The van der Waals surface area contributed by atoms with Crippen LogP contribution in [0.15, 0.2) is 78.0 Å². The molecule has 0 aliphatic rings. The SMILES string of the molecule is Cc1c(-c2ccc(C(N)O)c3c2ccn3COCC[Si](C)(C)C)cccc1-n1cnc2ccccc2c1=O. The zero-order chi connectivity index (χ0) is 27.0. The molecular weight excluding hydrogens is 492 g/mol. The van der Waals surface area contributed by atoms with Gasteiger partial charge in [0.2, 0.25) is 0 Å². The van der Waals surface area contributed by atoms with E-state index in [1.54, 1.807) is 17.0 Å². The number of aliphatic hydroxyl groups is 1. The highest BCUT2D eigenvalue weighted by atomic mass is 28.3. The van der Waals surface area contributed by atoms with Crippen molar-refractivity contribution in [1.29, 1.82) is 0 Å². The van der Waals surface area contributed by atoms with Gasteiger partial charge < -0.3 is 20.1 Å². The number of aromatic nitrogens is 3. The fraction of sp³-hybridized carbons (Fsp3) is 0.267. The van der Waals surface area contributed by atoms with Gasteiger partial charge in [0, 0.05) is 31.8 Å². The van der Waals surface area contributed by atoms with Crippen LogP contribution in [0.1, 0.15) is 17.4 Å². The second-order valence-electron chi connectivity index (χ2n) is 10.9.